The fourth-order valence-corrected chi connectivity index (χ4v) is 1.21. The number of amides is 1. The number of carbonyl (C=O) groups excluding carboxylic acids is 1. The highest BCUT2D eigenvalue weighted by atomic mass is 16.1. The molecule has 0 heterocycles. The van der Waals surface area contributed by atoms with Gasteiger partial charge in [-0.25, -0.2) is 0 Å². The highest BCUT2D eigenvalue weighted by Gasteiger charge is 2.08. The molecule has 80 valence electrons. The maximum atomic E-state index is 11.7. The van der Waals surface area contributed by atoms with E-state index >= 15 is 0 Å². The highest BCUT2D eigenvalue weighted by molar-refractivity contribution is 5.99. The van der Waals surface area contributed by atoms with Crippen LogP contribution in [0.1, 0.15) is 10.4 Å². The van der Waals surface area contributed by atoms with Gasteiger partial charge in [0.15, 0.2) is 0 Å². The second-order valence-corrected chi connectivity index (χ2v) is 2.99. The Morgan fingerprint density at radius 1 is 1.19 bits per heavy atom. The molecule has 3 nitrogen and oxygen atoms in total. The van der Waals surface area contributed by atoms with Crippen molar-refractivity contribution in [3.8, 4) is 24.7 Å². The van der Waals surface area contributed by atoms with Crippen LogP contribution in [0.2, 0.25) is 0 Å². The zero-order chi connectivity index (χ0) is 11.8. The van der Waals surface area contributed by atoms with Crippen molar-refractivity contribution in [2.24, 2.45) is 0 Å². The monoisotopic (exact) mass is 212 g/mol. The van der Waals surface area contributed by atoms with Crippen molar-refractivity contribution in [3.05, 3.63) is 29.8 Å². The third-order valence-corrected chi connectivity index (χ3v) is 1.90. The molecule has 0 unspecified atom stereocenters. The molecule has 0 aromatic heterocycles. The molecule has 1 aromatic carbocycles. The fraction of sp³-hybridized carbons (Fsp3) is 0.154. The van der Waals surface area contributed by atoms with Crippen LogP contribution >= 0.6 is 0 Å². The van der Waals surface area contributed by atoms with Gasteiger partial charge in [-0.3, -0.25) is 4.79 Å². The molecule has 1 aromatic rings. The first-order chi connectivity index (χ1) is 7.79. The molecule has 0 aliphatic heterocycles. The summed E-state index contributed by atoms with van der Waals surface area (Å²) < 4.78 is 0. The van der Waals surface area contributed by atoms with Gasteiger partial charge in [-0.15, -0.1) is 12.8 Å². The van der Waals surface area contributed by atoms with Crippen LogP contribution < -0.4 is 10.6 Å². The summed E-state index contributed by atoms with van der Waals surface area (Å²) in [7, 11) is 0. The van der Waals surface area contributed by atoms with Crippen LogP contribution in [0.5, 0.6) is 0 Å². The highest BCUT2D eigenvalue weighted by Crippen LogP contribution is 2.14. The number of hydrogen-bond donors (Lipinski definition) is 2. The smallest absolute Gasteiger partial charge is 0.254 e. The summed E-state index contributed by atoms with van der Waals surface area (Å²) in [6.45, 7) is 0.585. The predicted octanol–water partition coefficient (Wildman–Crippen LogP) is 1.09. The van der Waals surface area contributed by atoms with Gasteiger partial charge >= 0.3 is 0 Å². The SMILES string of the molecule is C#CCNC(=O)c1ccccc1NCC#C. The van der Waals surface area contributed by atoms with Crippen molar-refractivity contribution in [3.63, 3.8) is 0 Å². The van der Waals surface area contributed by atoms with Crippen molar-refractivity contribution >= 4 is 11.6 Å². The number of nitrogens with one attached hydrogen (secondary N) is 2. The average molecular weight is 212 g/mol. The molecule has 1 amide bonds. The van der Waals surface area contributed by atoms with E-state index in [9.17, 15) is 4.79 Å². The molecular weight excluding hydrogens is 200 g/mol. The minimum Gasteiger partial charge on any atom is -0.373 e. The molecule has 0 aliphatic carbocycles. The number of anilines is 1. The number of hydrogen-bond acceptors (Lipinski definition) is 2. The van der Waals surface area contributed by atoms with Gasteiger partial charge in [0, 0.05) is 5.69 Å². The Bertz CT molecular complexity index is 452. The number of benzene rings is 1. The predicted molar refractivity (Wildman–Crippen MR) is 64.9 cm³/mol. The summed E-state index contributed by atoms with van der Waals surface area (Å²) in [5, 5.41) is 5.57. The molecule has 1 rings (SSSR count). The van der Waals surface area contributed by atoms with E-state index in [0.29, 0.717) is 17.8 Å². The van der Waals surface area contributed by atoms with Gasteiger partial charge in [0.2, 0.25) is 0 Å². The molecule has 0 spiro atoms. The number of para-hydroxylation sites is 1. The standard InChI is InChI=1S/C13H12N2O/c1-3-9-14-12-8-6-5-7-11(12)13(16)15-10-4-2/h1-2,5-8,14H,9-10H2,(H,15,16). The largest absolute Gasteiger partial charge is 0.373 e. The van der Waals surface area contributed by atoms with E-state index in [1.165, 1.54) is 0 Å². The quantitative estimate of drug-likeness (QED) is 0.734. The minimum absolute atomic E-state index is 0.210. The van der Waals surface area contributed by atoms with E-state index < -0.39 is 0 Å². The van der Waals surface area contributed by atoms with Crippen molar-refractivity contribution in [1.82, 2.24) is 5.32 Å². The van der Waals surface area contributed by atoms with E-state index in [4.69, 9.17) is 12.8 Å². The van der Waals surface area contributed by atoms with E-state index in [2.05, 4.69) is 22.5 Å². The lowest BCUT2D eigenvalue weighted by atomic mass is 10.1. The van der Waals surface area contributed by atoms with Gasteiger partial charge in [0.25, 0.3) is 5.91 Å². The molecule has 0 atom stereocenters. The Kier molecular flexibility index (Phi) is 4.50. The van der Waals surface area contributed by atoms with Crippen LogP contribution in [0, 0.1) is 24.7 Å². The fourth-order valence-electron chi connectivity index (χ4n) is 1.21. The first-order valence-electron chi connectivity index (χ1n) is 4.77. The summed E-state index contributed by atoms with van der Waals surface area (Å²) >= 11 is 0. The van der Waals surface area contributed by atoms with Crippen LogP contribution in [0.3, 0.4) is 0 Å². The van der Waals surface area contributed by atoms with Crippen LogP contribution in [0.15, 0.2) is 24.3 Å². The summed E-state index contributed by atoms with van der Waals surface area (Å²) in [5.41, 5.74) is 1.24. The average Bonchev–Trinajstić information content (AvgIpc) is 2.33. The molecule has 0 aliphatic rings. The molecule has 2 N–H and O–H groups in total. The summed E-state index contributed by atoms with van der Waals surface area (Å²) in [4.78, 5) is 11.7. The van der Waals surface area contributed by atoms with Crippen molar-refractivity contribution < 1.29 is 4.79 Å². The molecule has 3 heteroatoms. The number of rotatable bonds is 4. The molecule has 0 saturated carbocycles. The van der Waals surface area contributed by atoms with Gasteiger partial charge in [-0.05, 0) is 12.1 Å². The van der Waals surface area contributed by atoms with Gasteiger partial charge in [-0.1, -0.05) is 24.0 Å². The van der Waals surface area contributed by atoms with Gasteiger partial charge in [0.05, 0.1) is 18.7 Å². The lowest BCUT2D eigenvalue weighted by Crippen LogP contribution is -2.24. The van der Waals surface area contributed by atoms with Crippen molar-refractivity contribution in [2.45, 2.75) is 0 Å². The maximum absolute atomic E-state index is 11.7. The number of carbonyl (C=O) groups is 1. The minimum atomic E-state index is -0.210. The van der Waals surface area contributed by atoms with E-state index in [1.54, 1.807) is 18.2 Å². The Morgan fingerprint density at radius 3 is 2.56 bits per heavy atom. The van der Waals surface area contributed by atoms with E-state index in [0.717, 1.165) is 0 Å². The first kappa shape index (κ1) is 11.7. The molecule has 0 bridgehead atoms. The molecule has 0 radical (unpaired) electrons. The Hall–Kier alpha value is -2.39. The topological polar surface area (TPSA) is 41.1 Å². The molecule has 16 heavy (non-hydrogen) atoms. The van der Waals surface area contributed by atoms with Gasteiger partial charge in [0.1, 0.15) is 0 Å². The lowest BCUT2D eigenvalue weighted by Gasteiger charge is -2.09. The van der Waals surface area contributed by atoms with Crippen LogP contribution in [-0.2, 0) is 0 Å². The van der Waals surface area contributed by atoms with Gasteiger partial charge in [-0.2, -0.15) is 0 Å². The normalized spacial score (nSPS) is 8.62. The number of terminal acetylenes is 2. The zero-order valence-electron chi connectivity index (χ0n) is 8.79. The summed E-state index contributed by atoms with van der Waals surface area (Å²) in [6.07, 6.45) is 10.2. The zero-order valence-corrected chi connectivity index (χ0v) is 8.79. The van der Waals surface area contributed by atoms with E-state index in [-0.39, 0.29) is 12.5 Å². The van der Waals surface area contributed by atoms with Crippen LogP contribution in [0.4, 0.5) is 5.69 Å². The molecular formula is C13H12N2O. The Morgan fingerprint density at radius 2 is 1.88 bits per heavy atom. The lowest BCUT2D eigenvalue weighted by molar-refractivity contribution is 0.0959. The first-order valence-corrected chi connectivity index (χ1v) is 4.77. The van der Waals surface area contributed by atoms with Crippen LogP contribution in [-0.4, -0.2) is 19.0 Å². The van der Waals surface area contributed by atoms with Crippen molar-refractivity contribution in [2.75, 3.05) is 18.4 Å². The van der Waals surface area contributed by atoms with Crippen molar-refractivity contribution in [1.29, 1.82) is 0 Å². The second kappa shape index (κ2) is 6.16. The van der Waals surface area contributed by atoms with Gasteiger partial charge < -0.3 is 10.6 Å². The third-order valence-electron chi connectivity index (χ3n) is 1.90. The Balaban J connectivity index is 2.82. The van der Waals surface area contributed by atoms with Crippen LogP contribution in [0.25, 0.3) is 0 Å². The Labute approximate surface area is 95.2 Å². The second-order valence-electron chi connectivity index (χ2n) is 2.99. The van der Waals surface area contributed by atoms with E-state index in [1.807, 2.05) is 6.07 Å². The summed E-state index contributed by atoms with van der Waals surface area (Å²) in [5.74, 6) is 4.59. The molecule has 0 saturated heterocycles. The maximum Gasteiger partial charge on any atom is 0.254 e. The third kappa shape index (κ3) is 3.08. The molecule has 0 fully saturated rings. The summed E-state index contributed by atoms with van der Waals surface area (Å²) in [6, 6.07) is 7.12.